The topological polar surface area (TPSA) is 115 Å². The molecule has 2 N–H and O–H groups in total. The van der Waals surface area contributed by atoms with Gasteiger partial charge in [-0.25, -0.2) is 0 Å². The molecule has 0 aliphatic carbocycles. The van der Waals surface area contributed by atoms with Crippen LogP contribution in [0.25, 0.3) is 0 Å². The fourth-order valence-electron chi connectivity index (χ4n) is 5.84. The van der Waals surface area contributed by atoms with Crippen molar-refractivity contribution in [2.24, 2.45) is 5.41 Å². The Hall–Kier alpha value is -0.270. The van der Waals surface area contributed by atoms with Crippen LogP contribution < -0.4 is 34.7 Å². The molecule has 0 fully saturated rings. The molecule has 0 spiro atoms. The Bertz CT molecular complexity index is 707. The van der Waals surface area contributed by atoms with Crippen molar-refractivity contribution in [3.05, 3.63) is 0 Å². The maximum absolute atomic E-state index is 13.3. The number of aliphatic hydroxyl groups excluding tert-OH is 1. The molecular weight excluding hydrogens is 551 g/mol. The van der Waals surface area contributed by atoms with Gasteiger partial charge in [0.25, 0.3) is 0 Å². The van der Waals surface area contributed by atoms with Crippen LogP contribution in [-0.2, 0) is 14.4 Å². The second-order valence-electron chi connectivity index (χ2n) is 13.0. The van der Waals surface area contributed by atoms with Crippen LogP contribution in [0.2, 0.25) is 0 Å². The van der Waals surface area contributed by atoms with Crippen LogP contribution in [0.4, 0.5) is 0 Å². The summed E-state index contributed by atoms with van der Waals surface area (Å²) in [7, 11) is 0. The average molecular weight is 621 g/mol. The number of carbonyl (C=O) groups is 3. The van der Waals surface area contributed by atoms with Gasteiger partial charge in [0.05, 0.1) is 5.97 Å². The van der Waals surface area contributed by atoms with Gasteiger partial charge in [-0.05, 0) is 12.8 Å². The van der Waals surface area contributed by atoms with E-state index >= 15 is 0 Å². The first-order chi connectivity index (χ1) is 21.1. The Morgan fingerprint density at radius 1 is 0.581 bits per heavy atom. The summed E-state index contributed by atoms with van der Waals surface area (Å²) in [6, 6.07) is 0. The van der Waals surface area contributed by atoms with Crippen molar-refractivity contribution >= 4 is 17.5 Å². The molecule has 0 bridgehead atoms. The predicted octanol–water partition coefficient (Wildman–Crippen LogP) is 5.18. The minimum Gasteiger partial charge on any atom is -0.547 e. The first kappa shape index (κ1) is 40.8. The number of unbranched alkanes of at least 4 members (excludes halogenated alkanes) is 22. The van der Waals surface area contributed by atoms with Gasteiger partial charge in [0.1, 0.15) is 6.10 Å². The van der Waals surface area contributed by atoms with Crippen LogP contribution in [0.3, 0.4) is 0 Å². The van der Waals surface area contributed by atoms with Crippen LogP contribution in [0.15, 0.2) is 0 Å². The molecule has 7 heteroatoms. The van der Waals surface area contributed by atoms with E-state index in [2.05, 4.69) is 0 Å². The summed E-state index contributed by atoms with van der Waals surface area (Å²) in [6.07, 6.45) is 23.2. The molecule has 43 heavy (non-hydrogen) atoms. The standard InChI is InChI=1S/C36H68O6.Na/c1-5-7-9-11-13-15-17-19-21-23-25-27-29-31(37)36(42,35(3,4)33(39)34(40)41)32(38)30-28-26-24-22-20-18-16-14-12-10-8-6-2;/h33,39,42H,5-30H2,1-4H3,(H,40,41);/q;+1/p-1/t33-;/m0./s1/i1D,2D;. The molecule has 0 unspecified atom stereocenters. The van der Waals surface area contributed by atoms with E-state index in [4.69, 9.17) is 2.74 Å². The van der Waals surface area contributed by atoms with E-state index < -0.39 is 34.7 Å². The van der Waals surface area contributed by atoms with E-state index in [1.54, 1.807) is 0 Å². The molecule has 0 aliphatic heterocycles. The smallest absolute Gasteiger partial charge is 0.547 e. The summed E-state index contributed by atoms with van der Waals surface area (Å²) in [6.45, 7) is 3.57. The number of Topliss-reactive ketones (excluding diaryl/α,β-unsaturated/α-hetero) is 2. The quantitative estimate of drug-likeness (QED) is 0.0627. The van der Waals surface area contributed by atoms with Crippen molar-refractivity contribution < 1.29 is 62.0 Å². The van der Waals surface area contributed by atoms with E-state index in [-0.39, 0.29) is 42.4 Å². The number of aliphatic hydroxyl groups is 2. The SMILES string of the molecule is [2H]CCCCCCCCCCCCCCC(=O)C(O)(C(=O)CCCCCCCCCCCCCC[2H])C(C)(C)[C@@H](O)C(=O)[O-].[Na+]. The number of hydrogen-bond acceptors (Lipinski definition) is 6. The van der Waals surface area contributed by atoms with Crippen LogP contribution in [0.1, 0.15) is 197 Å². The second-order valence-corrected chi connectivity index (χ2v) is 13.0. The molecule has 6 nitrogen and oxygen atoms in total. The van der Waals surface area contributed by atoms with Gasteiger partial charge in [-0.1, -0.05) is 169 Å². The van der Waals surface area contributed by atoms with Crippen LogP contribution in [-0.4, -0.2) is 39.5 Å². The molecule has 0 saturated carbocycles. The van der Waals surface area contributed by atoms with Gasteiger partial charge < -0.3 is 20.1 Å². The molecule has 0 amide bonds. The van der Waals surface area contributed by atoms with E-state index in [0.29, 0.717) is 26.6 Å². The van der Waals surface area contributed by atoms with E-state index in [9.17, 15) is 29.7 Å². The first-order valence-corrected chi connectivity index (χ1v) is 17.3. The molecule has 0 aromatic heterocycles. The average Bonchev–Trinajstić information content (AvgIpc) is 3.00. The Labute approximate surface area is 290 Å². The van der Waals surface area contributed by atoms with Gasteiger partial charge >= 0.3 is 29.6 Å². The third kappa shape index (κ3) is 19.1. The summed E-state index contributed by atoms with van der Waals surface area (Å²) in [5.41, 5.74) is -4.49. The molecule has 0 aromatic rings. The summed E-state index contributed by atoms with van der Waals surface area (Å²) in [5, 5.41) is 33.3. The number of ketones is 2. The molecule has 248 valence electrons. The van der Waals surface area contributed by atoms with Gasteiger partial charge in [-0.15, -0.1) is 0 Å². The van der Waals surface area contributed by atoms with E-state index in [1.165, 1.54) is 78.1 Å². The second kappa shape index (κ2) is 28.0. The van der Waals surface area contributed by atoms with Gasteiger partial charge in [0.15, 0.2) is 17.2 Å². The maximum atomic E-state index is 13.3. The number of carboxylic acids is 1. The van der Waals surface area contributed by atoms with Gasteiger partial charge in [0, 0.05) is 21.0 Å². The largest absolute Gasteiger partial charge is 1.00 e. The van der Waals surface area contributed by atoms with Crippen LogP contribution >= 0.6 is 0 Å². The van der Waals surface area contributed by atoms with Crippen molar-refractivity contribution in [3.63, 3.8) is 0 Å². The minimum atomic E-state index is -2.58. The molecule has 0 radical (unpaired) electrons. The van der Waals surface area contributed by atoms with E-state index in [1.807, 2.05) is 0 Å². The number of carboxylic acid groups (broad SMARTS) is 1. The monoisotopic (exact) mass is 620 g/mol. The Morgan fingerprint density at radius 3 is 1.09 bits per heavy atom. The zero-order chi connectivity index (χ0) is 33.1. The van der Waals surface area contributed by atoms with Crippen molar-refractivity contribution in [1.29, 1.82) is 0 Å². The van der Waals surface area contributed by atoms with Gasteiger partial charge in [-0.2, -0.15) is 0 Å². The normalized spacial score (nSPS) is 13.2. The summed E-state index contributed by atoms with van der Waals surface area (Å²) >= 11 is 0. The van der Waals surface area contributed by atoms with Crippen molar-refractivity contribution in [3.8, 4) is 0 Å². The van der Waals surface area contributed by atoms with Crippen LogP contribution in [0.5, 0.6) is 0 Å². The van der Waals surface area contributed by atoms with Gasteiger partial charge in [-0.3, -0.25) is 9.59 Å². The number of hydrogen-bond donors (Lipinski definition) is 2. The molecule has 0 saturated heterocycles. The molecule has 0 aromatic carbocycles. The fraction of sp³-hybridized carbons (Fsp3) is 0.917. The summed E-state index contributed by atoms with van der Waals surface area (Å²) < 4.78 is 14.3. The van der Waals surface area contributed by atoms with E-state index in [0.717, 1.165) is 77.0 Å². The first-order valence-electron chi connectivity index (χ1n) is 18.7. The van der Waals surface area contributed by atoms with Gasteiger partial charge in [0.2, 0.25) is 0 Å². The summed E-state index contributed by atoms with van der Waals surface area (Å²) in [5.74, 6) is -3.23. The molecular formula is C36H67NaO6. The van der Waals surface area contributed by atoms with Crippen molar-refractivity contribution in [1.82, 2.24) is 0 Å². The third-order valence-electron chi connectivity index (χ3n) is 8.95. The molecule has 0 heterocycles. The maximum Gasteiger partial charge on any atom is 1.00 e. The number of rotatable bonds is 31. The number of carbonyl (C=O) groups excluding carboxylic acids is 3. The molecule has 0 aliphatic rings. The van der Waals surface area contributed by atoms with Crippen molar-refractivity contribution in [2.75, 3.05) is 0 Å². The predicted molar refractivity (Wildman–Crippen MR) is 171 cm³/mol. The Kier molecular flexibility index (Phi) is 26.5. The zero-order valence-corrected chi connectivity index (χ0v) is 30.4. The fourth-order valence-corrected chi connectivity index (χ4v) is 5.84. The Balaban J connectivity index is 0. The zero-order valence-electron chi connectivity index (χ0n) is 30.4. The number of aliphatic carboxylic acids is 1. The molecule has 0 rings (SSSR count). The summed E-state index contributed by atoms with van der Waals surface area (Å²) in [4.78, 5) is 38.1. The minimum absolute atomic E-state index is 0. The Morgan fingerprint density at radius 2 is 0.837 bits per heavy atom. The third-order valence-corrected chi connectivity index (χ3v) is 8.95. The van der Waals surface area contributed by atoms with Crippen molar-refractivity contribution in [2.45, 2.75) is 206 Å². The van der Waals surface area contributed by atoms with Crippen LogP contribution in [0, 0.1) is 5.41 Å². The molecule has 1 atom stereocenters.